The number of ether oxygens (including phenoxy) is 2. The number of rotatable bonds is 6. The molecule has 2 N–H and O–H groups in total. The Morgan fingerprint density at radius 3 is 2.64 bits per heavy atom. The van der Waals surface area contributed by atoms with Gasteiger partial charge in [-0.15, -0.1) is 0 Å². The van der Waals surface area contributed by atoms with Gasteiger partial charge in [-0.1, -0.05) is 24.3 Å². The molecule has 170 valence electrons. The van der Waals surface area contributed by atoms with E-state index in [0.29, 0.717) is 23.7 Å². The Bertz CT molecular complexity index is 1220. The van der Waals surface area contributed by atoms with Crippen LogP contribution in [0.5, 0.6) is 11.5 Å². The first kappa shape index (κ1) is 22.1. The lowest BCUT2D eigenvalue weighted by molar-refractivity contribution is -0.114. The lowest BCUT2D eigenvalue weighted by Crippen LogP contribution is -2.49. The van der Waals surface area contributed by atoms with E-state index in [4.69, 9.17) is 9.47 Å². The number of hydrogen-bond acceptors (Lipinski definition) is 6. The van der Waals surface area contributed by atoms with Gasteiger partial charge in [-0.25, -0.2) is 0 Å². The van der Waals surface area contributed by atoms with Gasteiger partial charge in [0.2, 0.25) is 5.91 Å². The molecule has 2 aromatic rings. The number of carbonyl (C=O) groups excluding carboxylic acids is 3. The molecule has 1 unspecified atom stereocenters. The Balaban J connectivity index is 1.89. The molecular formula is C25H24N2O6. The lowest BCUT2D eigenvalue weighted by Gasteiger charge is -2.40. The number of aliphatic hydroxyl groups excluding tert-OH is 1. The van der Waals surface area contributed by atoms with Gasteiger partial charge in [0, 0.05) is 13.3 Å². The lowest BCUT2D eigenvalue weighted by atomic mass is 9.81. The quantitative estimate of drug-likeness (QED) is 0.649. The molecule has 1 atom stereocenters. The van der Waals surface area contributed by atoms with Crippen LogP contribution in [0.1, 0.15) is 46.5 Å². The van der Waals surface area contributed by atoms with Crippen molar-refractivity contribution in [3.8, 4) is 11.5 Å². The fraction of sp³-hybridized carbons (Fsp3) is 0.240. The van der Waals surface area contributed by atoms with Crippen LogP contribution in [0.4, 0.5) is 5.69 Å². The molecule has 0 saturated heterocycles. The van der Waals surface area contributed by atoms with E-state index in [0.717, 1.165) is 4.90 Å². The molecule has 0 radical (unpaired) electrons. The highest BCUT2D eigenvalue weighted by molar-refractivity contribution is 6.25. The van der Waals surface area contributed by atoms with Crippen LogP contribution >= 0.6 is 0 Å². The second-order valence-corrected chi connectivity index (χ2v) is 7.77. The third-order valence-electron chi connectivity index (χ3n) is 5.70. The Hall–Kier alpha value is -4.07. The maximum Gasteiger partial charge on any atom is 0.264 e. The number of carbonyl (C=O) groups is 3. The first-order valence-corrected chi connectivity index (χ1v) is 10.5. The van der Waals surface area contributed by atoms with Crippen LogP contribution in [0.25, 0.3) is 0 Å². The number of fused-ring (bicyclic) bond motifs is 1. The molecule has 0 fully saturated rings. The smallest absolute Gasteiger partial charge is 0.264 e. The van der Waals surface area contributed by atoms with Crippen LogP contribution in [-0.4, -0.2) is 41.4 Å². The normalized spacial score (nSPS) is 19.2. The van der Waals surface area contributed by atoms with Gasteiger partial charge in [0.25, 0.3) is 11.8 Å². The molecule has 0 spiro atoms. The molecule has 0 aromatic heterocycles. The standard InChI is InChI=1S/C25H24N2O6/c1-4-33-21-13-16(10-11-20(21)32-3)25(12-6-7-17(29)14-25)27-23(30)18-8-5-9-19(26-15(2)28)22(18)24(27)31/h5-13,29H,4,14H2,1-3H3,(H,26,28). The zero-order valence-corrected chi connectivity index (χ0v) is 18.5. The molecule has 2 aromatic carbocycles. The summed E-state index contributed by atoms with van der Waals surface area (Å²) < 4.78 is 11.1. The van der Waals surface area contributed by atoms with Crippen molar-refractivity contribution in [2.24, 2.45) is 0 Å². The maximum absolute atomic E-state index is 13.7. The Labute approximate surface area is 191 Å². The van der Waals surface area contributed by atoms with E-state index < -0.39 is 17.4 Å². The van der Waals surface area contributed by atoms with E-state index in [9.17, 15) is 19.5 Å². The first-order chi connectivity index (χ1) is 15.8. The largest absolute Gasteiger partial charge is 0.512 e. The highest BCUT2D eigenvalue weighted by Crippen LogP contribution is 2.46. The number of benzene rings is 2. The molecule has 0 saturated carbocycles. The molecule has 33 heavy (non-hydrogen) atoms. The average Bonchev–Trinajstić information content (AvgIpc) is 3.04. The van der Waals surface area contributed by atoms with Crippen molar-refractivity contribution < 1.29 is 29.0 Å². The van der Waals surface area contributed by atoms with E-state index >= 15 is 0 Å². The Morgan fingerprint density at radius 1 is 1.18 bits per heavy atom. The number of methoxy groups -OCH3 is 1. The second kappa shape index (κ2) is 8.46. The van der Waals surface area contributed by atoms with Crippen LogP contribution in [0.2, 0.25) is 0 Å². The fourth-order valence-electron chi connectivity index (χ4n) is 4.35. The van der Waals surface area contributed by atoms with Gasteiger partial charge in [-0.3, -0.25) is 19.3 Å². The minimum absolute atomic E-state index is 0.0116. The third-order valence-corrected chi connectivity index (χ3v) is 5.70. The molecule has 4 rings (SSSR count). The molecule has 1 heterocycles. The number of aliphatic hydroxyl groups is 1. The highest BCUT2D eigenvalue weighted by Gasteiger charge is 2.51. The van der Waals surface area contributed by atoms with E-state index in [-0.39, 0.29) is 34.9 Å². The van der Waals surface area contributed by atoms with Gasteiger partial charge in [-0.05, 0) is 42.8 Å². The Kier molecular flexibility index (Phi) is 5.68. The minimum Gasteiger partial charge on any atom is -0.512 e. The summed E-state index contributed by atoms with van der Waals surface area (Å²) >= 11 is 0. The van der Waals surface area contributed by atoms with Gasteiger partial charge in [0.15, 0.2) is 11.5 Å². The fourth-order valence-corrected chi connectivity index (χ4v) is 4.35. The predicted octanol–water partition coefficient (Wildman–Crippen LogP) is 3.95. The molecule has 0 bridgehead atoms. The average molecular weight is 448 g/mol. The number of amides is 3. The van der Waals surface area contributed by atoms with Gasteiger partial charge >= 0.3 is 0 Å². The predicted molar refractivity (Wildman–Crippen MR) is 122 cm³/mol. The second-order valence-electron chi connectivity index (χ2n) is 7.77. The van der Waals surface area contributed by atoms with Crippen molar-refractivity contribution in [3.05, 3.63) is 77.1 Å². The van der Waals surface area contributed by atoms with Gasteiger partial charge < -0.3 is 19.9 Å². The summed E-state index contributed by atoms with van der Waals surface area (Å²) in [7, 11) is 1.52. The summed E-state index contributed by atoms with van der Waals surface area (Å²) in [6, 6.07) is 9.89. The number of hydrogen-bond donors (Lipinski definition) is 2. The number of anilines is 1. The van der Waals surface area contributed by atoms with E-state index in [1.807, 2.05) is 6.92 Å². The molecule has 1 aliphatic heterocycles. The number of nitrogens with one attached hydrogen (secondary N) is 1. The van der Waals surface area contributed by atoms with Crippen LogP contribution in [0, 0.1) is 0 Å². The van der Waals surface area contributed by atoms with E-state index in [2.05, 4.69) is 5.32 Å². The number of allylic oxidation sites excluding steroid dienone is 2. The summed E-state index contributed by atoms with van der Waals surface area (Å²) in [5.74, 6) is -0.459. The van der Waals surface area contributed by atoms with Crippen molar-refractivity contribution in [3.63, 3.8) is 0 Å². The molecular weight excluding hydrogens is 424 g/mol. The van der Waals surface area contributed by atoms with Gasteiger partial charge in [0.1, 0.15) is 5.54 Å². The van der Waals surface area contributed by atoms with Crippen LogP contribution < -0.4 is 14.8 Å². The van der Waals surface area contributed by atoms with Gasteiger partial charge in [-0.2, -0.15) is 0 Å². The zero-order valence-electron chi connectivity index (χ0n) is 18.5. The molecule has 8 heteroatoms. The topological polar surface area (TPSA) is 105 Å². The van der Waals surface area contributed by atoms with Crippen molar-refractivity contribution in [2.45, 2.75) is 25.8 Å². The van der Waals surface area contributed by atoms with Crippen molar-refractivity contribution in [1.82, 2.24) is 4.90 Å². The number of nitrogens with zero attached hydrogens (tertiary/aromatic N) is 1. The number of imide groups is 1. The van der Waals surface area contributed by atoms with Crippen molar-refractivity contribution in [1.29, 1.82) is 0 Å². The van der Waals surface area contributed by atoms with E-state index in [1.165, 1.54) is 20.1 Å². The van der Waals surface area contributed by atoms with Crippen LogP contribution in [-0.2, 0) is 10.3 Å². The maximum atomic E-state index is 13.7. The van der Waals surface area contributed by atoms with Crippen LogP contribution in [0.3, 0.4) is 0 Å². The zero-order chi connectivity index (χ0) is 23.8. The molecule has 8 nitrogen and oxygen atoms in total. The summed E-state index contributed by atoms with van der Waals surface area (Å²) in [6.45, 7) is 3.56. The summed E-state index contributed by atoms with van der Waals surface area (Å²) in [5, 5.41) is 13.1. The van der Waals surface area contributed by atoms with Crippen LogP contribution in [0.15, 0.2) is 60.4 Å². The Morgan fingerprint density at radius 2 is 1.97 bits per heavy atom. The first-order valence-electron chi connectivity index (χ1n) is 10.5. The molecule has 3 amide bonds. The molecule has 1 aliphatic carbocycles. The SMILES string of the molecule is CCOc1cc(C2(N3C(=O)c4cccc(NC(C)=O)c4C3=O)C=CC=C(O)C2)ccc1OC. The minimum atomic E-state index is -1.31. The molecule has 2 aliphatic rings. The monoisotopic (exact) mass is 448 g/mol. The third kappa shape index (κ3) is 3.63. The summed E-state index contributed by atoms with van der Waals surface area (Å²) in [6.07, 6.45) is 4.83. The summed E-state index contributed by atoms with van der Waals surface area (Å²) in [4.78, 5) is 40.1. The summed E-state index contributed by atoms with van der Waals surface area (Å²) in [5.41, 5.74) is -0.166. The highest BCUT2D eigenvalue weighted by atomic mass is 16.5. The van der Waals surface area contributed by atoms with Crippen molar-refractivity contribution in [2.75, 3.05) is 19.0 Å². The van der Waals surface area contributed by atoms with Gasteiger partial charge in [0.05, 0.1) is 36.3 Å². The van der Waals surface area contributed by atoms with Crippen molar-refractivity contribution >= 4 is 23.4 Å². The van der Waals surface area contributed by atoms with E-state index in [1.54, 1.807) is 48.6 Å².